The van der Waals surface area contributed by atoms with Crippen LogP contribution in [0.3, 0.4) is 0 Å². The van der Waals surface area contributed by atoms with Crippen molar-refractivity contribution in [3.05, 3.63) is 24.3 Å². The summed E-state index contributed by atoms with van der Waals surface area (Å²) in [6.45, 7) is 3.72. The minimum atomic E-state index is -0.758. The molecule has 152 valence electrons. The number of rotatable bonds is 5. The number of hydrogen-bond donors (Lipinski definition) is 3. The Balaban J connectivity index is 1.27. The number of nitrogens with one attached hydrogen (secondary N) is 1. The van der Waals surface area contributed by atoms with Gasteiger partial charge in [-0.1, -0.05) is 12.8 Å². The average Bonchev–Trinajstić information content (AvgIpc) is 3.24. The van der Waals surface area contributed by atoms with Crippen LogP contribution in [0.5, 0.6) is 5.75 Å². The van der Waals surface area contributed by atoms with Gasteiger partial charge in [0.25, 0.3) is 5.91 Å². The molecule has 2 heterocycles. The SMILES string of the molecule is O=C1NC2(CCCC2)C(=O)N1C[C@@H](O)CN1CCN(c2ccc(O)cc2)CC1. The van der Waals surface area contributed by atoms with Crippen molar-refractivity contribution in [1.29, 1.82) is 0 Å². The molecule has 8 nitrogen and oxygen atoms in total. The van der Waals surface area contributed by atoms with Gasteiger partial charge in [0.05, 0.1) is 12.6 Å². The van der Waals surface area contributed by atoms with E-state index in [1.165, 1.54) is 4.90 Å². The van der Waals surface area contributed by atoms with E-state index in [4.69, 9.17) is 0 Å². The number of hydrogen-bond acceptors (Lipinski definition) is 6. The molecule has 4 rings (SSSR count). The van der Waals surface area contributed by atoms with Gasteiger partial charge < -0.3 is 20.4 Å². The van der Waals surface area contributed by atoms with Gasteiger partial charge in [0, 0.05) is 38.4 Å². The zero-order valence-corrected chi connectivity index (χ0v) is 16.0. The normalized spacial score (nSPS) is 23.5. The maximum atomic E-state index is 12.7. The molecule has 1 aromatic rings. The predicted octanol–water partition coefficient (Wildman–Crippen LogP) is 0.740. The number of nitrogens with zero attached hydrogens (tertiary/aromatic N) is 3. The molecule has 2 saturated heterocycles. The predicted molar refractivity (Wildman–Crippen MR) is 104 cm³/mol. The second kappa shape index (κ2) is 7.60. The maximum Gasteiger partial charge on any atom is 0.325 e. The lowest BCUT2D eigenvalue weighted by molar-refractivity contribution is -0.132. The molecule has 1 saturated carbocycles. The summed E-state index contributed by atoms with van der Waals surface area (Å²) in [4.78, 5) is 30.5. The van der Waals surface area contributed by atoms with E-state index in [9.17, 15) is 19.8 Å². The summed E-state index contributed by atoms with van der Waals surface area (Å²) >= 11 is 0. The second-order valence-electron chi connectivity index (χ2n) is 8.09. The van der Waals surface area contributed by atoms with Gasteiger partial charge in [-0.15, -0.1) is 0 Å². The van der Waals surface area contributed by atoms with Gasteiger partial charge in [0.1, 0.15) is 11.3 Å². The number of carbonyl (C=O) groups is 2. The van der Waals surface area contributed by atoms with Gasteiger partial charge in [0.15, 0.2) is 0 Å². The molecule has 0 unspecified atom stereocenters. The highest BCUT2D eigenvalue weighted by Gasteiger charge is 2.52. The first-order chi connectivity index (χ1) is 13.5. The van der Waals surface area contributed by atoms with Crippen LogP contribution in [0.15, 0.2) is 24.3 Å². The second-order valence-corrected chi connectivity index (χ2v) is 8.09. The monoisotopic (exact) mass is 388 g/mol. The van der Waals surface area contributed by atoms with Crippen molar-refractivity contribution in [1.82, 2.24) is 15.1 Å². The fourth-order valence-electron chi connectivity index (χ4n) is 4.58. The third-order valence-electron chi connectivity index (χ3n) is 6.15. The lowest BCUT2D eigenvalue weighted by Gasteiger charge is -2.37. The van der Waals surface area contributed by atoms with Crippen LogP contribution in [0.25, 0.3) is 0 Å². The van der Waals surface area contributed by atoms with Crippen molar-refractivity contribution in [2.45, 2.75) is 37.3 Å². The Hall–Kier alpha value is -2.32. The van der Waals surface area contributed by atoms with Crippen LogP contribution in [0.1, 0.15) is 25.7 Å². The summed E-state index contributed by atoms with van der Waals surface area (Å²) in [6.07, 6.45) is 2.54. The third-order valence-corrected chi connectivity index (χ3v) is 6.15. The molecule has 3 amide bonds. The number of aliphatic hydroxyl groups is 1. The van der Waals surface area contributed by atoms with E-state index < -0.39 is 11.6 Å². The molecule has 0 aromatic heterocycles. The van der Waals surface area contributed by atoms with Gasteiger partial charge in [0.2, 0.25) is 0 Å². The van der Waals surface area contributed by atoms with Crippen LogP contribution in [0, 0.1) is 0 Å². The number of benzene rings is 1. The van der Waals surface area contributed by atoms with Crippen molar-refractivity contribution in [2.24, 2.45) is 0 Å². The van der Waals surface area contributed by atoms with Crippen LogP contribution in [-0.2, 0) is 4.79 Å². The molecule has 28 heavy (non-hydrogen) atoms. The first-order valence-corrected chi connectivity index (χ1v) is 10.1. The zero-order chi connectivity index (χ0) is 19.7. The summed E-state index contributed by atoms with van der Waals surface area (Å²) in [5.41, 5.74) is 0.353. The van der Waals surface area contributed by atoms with Crippen molar-refractivity contribution in [2.75, 3.05) is 44.2 Å². The minimum absolute atomic E-state index is 0.0462. The van der Waals surface area contributed by atoms with Gasteiger partial charge in [-0.05, 0) is 37.1 Å². The zero-order valence-electron chi connectivity index (χ0n) is 16.0. The number of urea groups is 1. The van der Waals surface area contributed by atoms with E-state index in [2.05, 4.69) is 15.1 Å². The molecule has 1 atom stereocenters. The summed E-state index contributed by atoms with van der Waals surface area (Å²) in [5, 5.41) is 22.7. The highest BCUT2D eigenvalue weighted by atomic mass is 16.3. The number of piperazine rings is 1. The average molecular weight is 388 g/mol. The van der Waals surface area contributed by atoms with Gasteiger partial charge >= 0.3 is 6.03 Å². The fourth-order valence-corrected chi connectivity index (χ4v) is 4.58. The van der Waals surface area contributed by atoms with Crippen LogP contribution >= 0.6 is 0 Å². The van der Waals surface area contributed by atoms with Gasteiger partial charge in [-0.3, -0.25) is 14.6 Å². The number of carbonyl (C=O) groups excluding carboxylic acids is 2. The van der Waals surface area contributed by atoms with Crippen LogP contribution in [-0.4, -0.2) is 82.9 Å². The lowest BCUT2D eigenvalue weighted by atomic mass is 9.98. The number of amides is 3. The number of aliphatic hydroxyl groups excluding tert-OH is 1. The van der Waals surface area contributed by atoms with Crippen molar-refractivity contribution < 1.29 is 19.8 Å². The Morgan fingerprint density at radius 1 is 1.00 bits per heavy atom. The molecule has 1 spiro atoms. The number of phenols is 1. The van der Waals surface area contributed by atoms with Crippen LogP contribution in [0.2, 0.25) is 0 Å². The summed E-state index contributed by atoms with van der Waals surface area (Å²) < 4.78 is 0. The molecule has 3 aliphatic rings. The Labute approximate surface area is 164 Å². The fraction of sp³-hybridized carbons (Fsp3) is 0.600. The lowest BCUT2D eigenvalue weighted by Crippen LogP contribution is -2.51. The molecule has 2 aliphatic heterocycles. The van der Waals surface area contributed by atoms with Gasteiger partial charge in [-0.2, -0.15) is 0 Å². The number of phenolic OH excluding ortho intramolecular Hbond substituents is 1. The third kappa shape index (κ3) is 3.66. The van der Waals surface area contributed by atoms with Crippen molar-refractivity contribution in [3.63, 3.8) is 0 Å². The summed E-state index contributed by atoms with van der Waals surface area (Å²) in [5.74, 6) is 0.0802. The smallest absolute Gasteiger partial charge is 0.325 e. The standard InChI is InChI=1S/C20H28N4O4/c25-16-5-3-15(4-6-16)23-11-9-22(10-12-23)13-17(26)14-24-18(27)20(21-19(24)28)7-1-2-8-20/h3-6,17,25-26H,1-2,7-14H2,(H,21,28)/t17-/m0/s1. The minimum Gasteiger partial charge on any atom is -0.508 e. The Morgan fingerprint density at radius 2 is 1.64 bits per heavy atom. The number of imide groups is 1. The Bertz CT molecular complexity index is 724. The summed E-state index contributed by atoms with van der Waals surface area (Å²) in [7, 11) is 0. The van der Waals surface area contributed by atoms with E-state index in [-0.39, 0.29) is 24.2 Å². The number of β-amino-alcohol motifs (C(OH)–C–C–N with tert-alkyl or cyclic N) is 1. The molecule has 3 N–H and O–H groups in total. The maximum absolute atomic E-state index is 12.7. The van der Waals surface area contributed by atoms with E-state index in [1.807, 2.05) is 12.1 Å². The quantitative estimate of drug-likeness (QED) is 0.644. The molecular formula is C20H28N4O4. The topological polar surface area (TPSA) is 96.3 Å². The highest BCUT2D eigenvalue weighted by Crippen LogP contribution is 2.35. The molecule has 8 heteroatoms. The molecule has 1 aromatic carbocycles. The Morgan fingerprint density at radius 3 is 2.29 bits per heavy atom. The van der Waals surface area contributed by atoms with E-state index in [1.54, 1.807) is 12.1 Å². The van der Waals surface area contributed by atoms with E-state index in [0.717, 1.165) is 44.7 Å². The molecule has 3 fully saturated rings. The van der Waals surface area contributed by atoms with E-state index >= 15 is 0 Å². The first kappa shape index (κ1) is 19.0. The van der Waals surface area contributed by atoms with Crippen molar-refractivity contribution in [3.8, 4) is 5.75 Å². The highest BCUT2D eigenvalue weighted by molar-refractivity contribution is 6.07. The van der Waals surface area contributed by atoms with Crippen LogP contribution < -0.4 is 10.2 Å². The molecule has 0 bridgehead atoms. The number of anilines is 1. The Kier molecular flexibility index (Phi) is 5.16. The van der Waals surface area contributed by atoms with Crippen LogP contribution in [0.4, 0.5) is 10.5 Å². The first-order valence-electron chi connectivity index (χ1n) is 10.1. The number of aromatic hydroxyl groups is 1. The largest absolute Gasteiger partial charge is 0.508 e. The summed E-state index contributed by atoms with van der Waals surface area (Å²) in [6, 6.07) is 6.79. The molecular weight excluding hydrogens is 360 g/mol. The molecule has 1 aliphatic carbocycles. The molecule has 0 radical (unpaired) electrons. The van der Waals surface area contributed by atoms with E-state index in [0.29, 0.717) is 19.4 Å². The van der Waals surface area contributed by atoms with Crippen molar-refractivity contribution >= 4 is 17.6 Å². The van der Waals surface area contributed by atoms with Gasteiger partial charge in [-0.25, -0.2) is 4.79 Å².